The predicted molar refractivity (Wildman–Crippen MR) is 71.4 cm³/mol. The summed E-state index contributed by atoms with van der Waals surface area (Å²) in [4.78, 5) is 15.5. The second kappa shape index (κ2) is 5.92. The third kappa shape index (κ3) is 4.44. The van der Waals surface area contributed by atoms with Crippen LogP contribution in [0.15, 0.2) is 29.6 Å². The van der Waals surface area contributed by atoms with Crippen molar-refractivity contribution in [1.29, 1.82) is 0 Å². The Balaban J connectivity index is 1.78. The molecule has 0 unspecified atom stereocenters. The Morgan fingerprint density at radius 2 is 2.42 bits per heavy atom. The van der Waals surface area contributed by atoms with Gasteiger partial charge in [0.1, 0.15) is 0 Å². The number of nitrogens with zero attached hydrogens (tertiary/aromatic N) is 2. The van der Waals surface area contributed by atoms with E-state index in [0.717, 1.165) is 5.56 Å². The second-order valence-electron chi connectivity index (χ2n) is 4.55. The van der Waals surface area contributed by atoms with Gasteiger partial charge < -0.3 is 0 Å². The van der Waals surface area contributed by atoms with Crippen LogP contribution in [0.5, 0.6) is 0 Å². The number of nitrogens with one attached hydrogen (secondary N) is 1. The molecule has 1 N–H and O–H groups in total. The Labute approximate surface area is 111 Å². The minimum absolute atomic E-state index is 0.0846. The van der Waals surface area contributed by atoms with Crippen molar-refractivity contribution in [2.45, 2.75) is 12.8 Å². The molecule has 2 heterocycles. The maximum Gasteiger partial charge on any atom is 0.240 e. The smallest absolute Gasteiger partial charge is 0.240 e. The molecule has 1 amide bonds. The van der Waals surface area contributed by atoms with Crippen molar-refractivity contribution < 1.29 is 13.2 Å². The van der Waals surface area contributed by atoms with E-state index in [1.165, 1.54) is 6.21 Å². The van der Waals surface area contributed by atoms with Gasteiger partial charge in [-0.3, -0.25) is 9.78 Å². The Morgan fingerprint density at radius 3 is 3.05 bits per heavy atom. The summed E-state index contributed by atoms with van der Waals surface area (Å²) in [7, 11) is -2.93. The van der Waals surface area contributed by atoms with Crippen molar-refractivity contribution in [3.05, 3.63) is 30.1 Å². The van der Waals surface area contributed by atoms with Crippen LogP contribution in [0.1, 0.15) is 18.4 Å². The number of rotatable bonds is 4. The summed E-state index contributed by atoms with van der Waals surface area (Å²) in [5.74, 6) is -0.0581. The third-order valence-corrected chi connectivity index (χ3v) is 4.73. The van der Waals surface area contributed by atoms with Crippen LogP contribution in [-0.2, 0) is 14.6 Å². The highest BCUT2D eigenvalue weighted by atomic mass is 32.2. The molecule has 2 rings (SSSR count). The van der Waals surface area contributed by atoms with Crippen molar-refractivity contribution in [2.75, 3.05) is 11.5 Å². The highest BCUT2D eigenvalue weighted by Gasteiger charge is 2.29. The summed E-state index contributed by atoms with van der Waals surface area (Å²) in [5, 5.41) is 3.81. The molecule has 6 nitrogen and oxygen atoms in total. The van der Waals surface area contributed by atoms with Crippen molar-refractivity contribution in [2.24, 2.45) is 11.0 Å². The standard InChI is InChI=1S/C12H15N3O3S/c16-12(6-10-3-5-19(17,18)9-10)15-14-8-11-2-1-4-13-7-11/h1-2,4,7-8,10H,3,5-6,9H2,(H,15,16)/b14-8-/t10-/m0/s1. The summed E-state index contributed by atoms with van der Waals surface area (Å²) in [6.07, 6.45) is 5.53. The van der Waals surface area contributed by atoms with E-state index in [2.05, 4.69) is 15.5 Å². The van der Waals surface area contributed by atoms with E-state index in [-0.39, 0.29) is 29.8 Å². The summed E-state index contributed by atoms with van der Waals surface area (Å²) in [5.41, 5.74) is 3.18. The van der Waals surface area contributed by atoms with Crippen LogP contribution >= 0.6 is 0 Å². The molecule has 1 saturated heterocycles. The zero-order chi connectivity index (χ0) is 13.7. The van der Waals surface area contributed by atoms with Gasteiger partial charge in [-0.15, -0.1) is 0 Å². The lowest BCUT2D eigenvalue weighted by Crippen LogP contribution is -2.21. The summed E-state index contributed by atoms with van der Waals surface area (Å²) >= 11 is 0. The molecule has 1 aromatic rings. The fourth-order valence-electron chi connectivity index (χ4n) is 1.97. The molecule has 0 aromatic carbocycles. The molecule has 1 atom stereocenters. The minimum Gasteiger partial charge on any atom is -0.273 e. The molecule has 1 fully saturated rings. The van der Waals surface area contributed by atoms with E-state index in [1.54, 1.807) is 18.5 Å². The van der Waals surface area contributed by atoms with Gasteiger partial charge >= 0.3 is 0 Å². The van der Waals surface area contributed by atoms with E-state index in [0.29, 0.717) is 6.42 Å². The van der Waals surface area contributed by atoms with Gasteiger partial charge in [-0.1, -0.05) is 6.07 Å². The Morgan fingerprint density at radius 1 is 1.58 bits per heavy atom. The van der Waals surface area contributed by atoms with Crippen LogP contribution < -0.4 is 5.43 Å². The molecule has 19 heavy (non-hydrogen) atoms. The molecule has 0 aliphatic carbocycles. The van der Waals surface area contributed by atoms with Gasteiger partial charge in [0, 0.05) is 24.4 Å². The maximum absolute atomic E-state index is 11.6. The largest absolute Gasteiger partial charge is 0.273 e. The first-order valence-electron chi connectivity index (χ1n) is 5.97. The molecule has 0 spiro atoms. The van der Waals surface area contributed by atoms with Crippen LogP contribution in [0.25, 0.3) is 0 Å². The highest BCUT2D eigenvalue weighted by molar-refractivity contribution is 7.91. The number of carbonyl (C=O) groups excluding carboxylic acids is 1. The predicted octanol–water partition coefficient (Wildman–Crippen LogP) is 0.356. The van der Waals surface area contributed by atoms with Crippen LogP contribution in [0, 0.1) is 5.92 Å². The monoisotopic (exact) mass is 281 g/mol. The lowest BCUT2D eigenvalue weighted by molar-refractivity contribution is -0.121. The molecule has 1 aromatic heterocycles. The fourth-order valence-corrected chi connectivity index (χ4v) is 3.83. The topological polar surface area (TPSA) is 88.5 Å². The molecule has 0 saturated carbocycles. The number of pyridine rings is 1. The van der Waals surface area contributed by atoms with Gasteiger partial charge in [0.05, 0.1) is 17.7 Å². The molecular weight excluding hydrogens is 266 g/mol. The minimum atomic E-state index is -2.93. The number of hydrogen-bond donors (Lipinski definition) is 1. The molecule has 1 aliphatic rings. The molecule has 0 bridgehead atoms. The SMILES string of the molecule is O=C(C[C@@H]1CCS(=O)(=O)C1)N/N=C\c1cccnc1. The second-order valence-corrected chi connectivity index (χ2v) is 6.78. The van der Waals surface area contributed by atoms with Gasteiger partial charge in [0.15, 0.2) is 9.84 Å². The number of sulfone groups is 1. The van der Waals surface area contributed by atoms with Gasteiger partial charge in [-0.05, 0) is 18.4 Å². The quantitative estimate of drug-likeness (QED) is 0.637. The summed E-state index contributed by atoms with van der Waals surface area (Å²) in [6.45, 7) is 0. The first-order valence-corrected chi connectivity index (χ1v) is 7.80. The van der Waals surface area contributed by atoms with Crippen molar-refractivity contribution in [1.82, 2.24) is 10.4 Å². The number of hydrazone groups is 1. The van der Waals surface area contributed by atoms with E-state index in [9.17, 15) is 13.2 Å². The zero-order valence-electron chi connectivity index (χ0n) is 10.3. The third-order valence-electron chi connectivity index (χ3n) is 2.89. The number of hydrogen-bond acceptors (Lipinski definition) is 5. The number of carbonyl (C=O) groups is 1. The van der Waals surface area contributed by atoms with Gasteiger partial charge in [-0.25, -0.2) is 13.8 Å². The number of amides is 1. The van der Waals surface area contributed by atoms with Gasteiger partial charge in [0.2, 0.25) is 5.91 Å². The van der Waals surface area contributed by atoms with Gasteiger partial charge in [0.25, 0.3) is 0 Å². The van der Waals surface area contributed by atoms with Crippen molar-refractivity contribution in [3.8, 4) is 0 Å². The summed E-state index contributed by atoms with van der Waals surface area (Å²) < 4.78 is 22.5. The molecule has 1 aliphatic heterocycles. The van der Waals surface area contributed by atoms with Crippen LogP contribution in [-0.4, -0.2) is 37.0 Å². The van der Waals surface area contributed by atoms with E-state index in [4.69, 9.17) is 0 Å². The Hall–Kier alpha value is -1.76. The summed E-state index contributed by atoms with van der Waals surface area (Å²) in [6, 6.07) is 3.58. The molecular formula is C12H15N3O3S. The number of aromatic nitrogens is 1. The van der Waals surface area contributed by atoms with E-state index >= 15 is 0 Å². The normalized spacial score (nSPS) is 21.6. The lowest BCUT2D eigenvalue weighted by atomic mass is 10.1. The van der Waals surface area contributed by atoms with Crippen LogP contribution in [0.2, 0.25) is 0 Å². The Bertz CT molecular complexity index is 569. The van der Waals surface area contributed by atoms with Crippen molar-refractivity contribution in [3.63, 3.8) is 0 Å². The van der Waals surface area contributed by atoms with E-state index < -0.39 is 9.84 Å². The average molecular weight is 281 g/mol. The lowest BCUT2D eigenvalue weighted by Gasteiger charge is -2.04. The molecule has 102 valence electrons. The van der Waals surface area contributed by atoms with Crippen LogP contribution in [0.3, 0.4) is 0 Å². The molecule has 7 heteroatoms. The first kappa shape index (κ1) is 13.7. The molecule has 0 radical (unpaired) electrons. The van der Waals surface area contributed by atoms with Crippen molar-refractivity contribution >= 4 is 22.0 Å². The van der Waals surface area contributed by atoms with Crippen LogP contribution in [0.4, 0.5) is 0 Å². The maximum atomic E-state index is 11.6. The van der Waals surface area contributed by atoms with E-state index in [1.807, 2.05) is 6.07 Å². The van der Waals surface area contributed by atoms with Gasteiger partial charge in [-0.2, -0.15) is 5.10 Å². The highest BCUT2D eigenvalue weighted by Crippen LogP contribution is 2.21. The Kier molecular flexibility index (Phi) is 4.26. The first-order chi connectivity index (χ1) is 9.05. The zero-order valence-corrected chi connectivity index (χ0v) is 11.1. The fraction of sp³-hybridized carbons (Fsp3) is 0.417. The average Bonchev–Trinajstić information content (AvgIpc) is 2.70.